The lowest BCUT2D eigenvalue weighted by Gasteiger charge is -2.23. The van der Waals surface area contributed by atoms with Gasteiger partial charge >= 0.3 is 0 Å². The Morgan fingerprint density at radius 1 is 1.04 bits per heavy atom. The van der Waals surface area contributed by atoms with E-state index in [2.05, 4.69) is 24.3 Å². The van der Waals surface area contributed by atoms with Crippen LogP contribution < -0.4 is 4.74 Å². The van der Waals surface area contributed by atoms with E-state index < -0.39 is 0 Å². The SMILES string of the molecule is CC.Clc1ccccc1C1=COc2ccc3c(c2C1)C=CCC3. The van der Waals surface area contributed by atoms with Gasteiger partial charge in [-0.25, -0.2) is 0 Å². The maximum absolute atomic E-state index is 6.32. The van der Waals surface area contributed by atoms with Gasteiger partial charge in [0.05, 0.1) is 6.26 Å². The molecule has 2 heteroatoms. The normalized spacial score (nSPS) is 14.7. The van der Waals surface area contributed by atoms with Gasteiger partial charge in [0, 0.05) is 22.6 Å². The van der Waals surface area contributed by atoms with Gasteiger partial charge in [0.1, 0.15) is 5.75 Å². The summed E-state index contributed by atoms with van der Waals surface area (Å²) in [6, 6.07) is 12.2. The molecule has 2 aromatic rings. The number of allylic oxidation sites excluding steroid dienone is 2. The molecule has 1 nitrogen and oxygen atoms in total. The topological polar surface area (TPSA) is 9.23 Å². The minimum absolute atomic E-state index is 0.774. The van der Waals surface area contributed by atoms with Crippen LogP contribution in [-0.2, 0) is 12.8 Å². The smallest absolute Gasteiger partial charge is 0.130 e. The second-order valence-corrected chi connectivity index (χ2v) is 5.88. The average Bonchev–Trinajstić information content (AvgIpc) is 2.63. The largest absolute Gasteiger partial charge is 0.464 e. The van der Waals surface area contributed by atoms with Crippen LogP contribution in [0.1, 0.15) is 42.5 Å². The summed E-state index contributed by atoms with van der Waals surface area (Å²) in [4.78, 5) is 0. The van der Waals surface area contributed by atoms with Gasteiger partial charge in [-0.3, -0.25) is 0 Å². The lowest BCUT2D eigenvalue weighted by atomic mass is 9.87. The Bertz CT molecular complexity index is 771. The maximum atomic E-state index is 6.32. The fourth-order valence-electron chi connectivity index (χ4n) is 3.10. The molecule has 0 aromatic heterocycles. The van der Waals surface area contributed by atoms with Crippen LogP contribution in [0.15, 0.2) is 48.7 Å². The number of fused-ring (bicyclic) bond motifs is 3. The third kappa shape index (κ3) is 3.07. The zero-order valence-corrected chi connectivity index (χ0v) is 14.4. The highest BCUT2D eigenvalue weighted by Crippen LogP contribution is 2.38. The van der Waals surface area contributed by atoms with Gasteiger partial charge in [0.25, 0.3) is 0 Å². The molecule has 0 atom stereocenters. The predicted octanol–water partition coefficient (Wildman–Crippen LogP) is 6.30. The molecular weight excluding hydrogens is 304 g/mol. The van der Waals surface area contributed by atoms with Crippen LogP contribution in [-0.4, -0.2) is 0 Å². The van der Waals surface area contributed by atoms with Crippen molar-refractivity contribution in [2.45, 2.75) is 33.1 Å². The first kappa shape index (κ1) is 15.9. The van der Waals surface area contributed by atoms with Gasteiger partial charge in [-0.05, 0) is 41.7 Å². The molecular formula is C21H21ClO. The molecule has 0 N–H and O–H groups in total. The molecule has 1 aliphatic heterocycles. The molecule has 0 bridgehead atoms. The van der Waals surface area contributed by atoms with Crippen LogP contribution >= 0.6 is 11.6 Å². The molecule has 1 aliphatic carbocycles. The van der Waals surface area contributed by atoms with Crippen molar-refractivity contribution in [2.75, 3.05) is 0 Å². The van der Waals surface area contributed by atoms with Crippen molar-refractivity contribution in [1.29, 1.82) is 0 Å². The summed E-state index contributed by atoms with van der Waals surface area (Å²) >= 11 is 6.32. The molecule has 2 aromatic carbocycles. The summed E-state index contributed by atoms with van der Waals surface area (Å²) in [6.45, 7) is 4.00. The van der Waals surface area contributed by atoms with Gasteiger partial charge in [-0.15, -0.1) is 0 Å². The third-order valence-corrected chi connectivity index (χ3v) is 4.51. The maximum Gasteiger partial charge on any atom is 0.130 e. The summed E-state index contributed by atoms with van der Waals surface area (Å²) < 4.78 is 5.86. The summed E-state index contributed by atoms with van der Waals surface area (Å²) in [5.74, 6) is 0.969. The first-order chi connectivity index (χ1) is 11.3. The molecule has 2 aliphatic rings. The van der Waals surface area contributed by atoms with E-state index in [1.54, 1.807) is 0 Å². The van der Waals surface area contributed by atoms with E-state index in [0.717, 1.165) is 41.2 Å². The van der Waals surface area contributed by atoms with Crippen molar-refractivity contribution in [2.24, 2.45) is 0 Å². The van der Waals surface area contributed by atoms with Crippen LogP contribution in [0, 0.1) is 0 Å². The van der Waals surface area contributed by atoms with Crippen LogP contribution in [0.25, 0.3) is 11.6 Å². The Morgan fingerprint density at radius 3 is 2.70 bits per heavy atom. The molecule has 1 heterocycles. The molecule has 4 rings (SSSR count). The molecule has 118 valence electrons. The van der Waals surface area contributed by atoms with Crippen LogP contribution in [0.5, 0.6) is 5.75 Å². The average molecular weight is 325 g/mol. The molecule has 0 fully saturated rings. The summed E-state index contributed by atoms with van der Waals surface area (Å²) in [5.41, 5.74) is 6.22. The van der Waals surface area contributed by atoms with Crippen molar-refractivity contribution in [1.82, 2.24) is 0 Å². The van der Waals surface area contributed by atoms with Gasteiger partial charge in [0.2, 0.25) is 0 Å². The van der Waals surface area contributed by atoms with Crippen LogP contribution in [0.3, 0.4) is 0 Å². The highest BCUT2D eigenvalue weighted by molar-refractivity contribution is 6.32. The van der Waals surface area contributed by atoms with E-state index in [1.165, 1.54) is 16.7 Å². The third-order valence-electron chi connectivity index (χ3n) is 4.18. The first-order valence-corrected chi connectivity index (χ1v) is 8.62. The Balaban J connectivity index is 0.000000753. The number of halogens is 1. The zero-order valence-electron chi connectivity index (χ0n) is 13.6. The second kappa shape index (κ2) is 7.06. The van der Waals surface area contributed by atoms with Gasteiger partial charge < -0.3 is 4.74 Å². The molecule has 0 amide bonds. The van der Waals surface area contributed by atoms with E-state index in [-0.39, 0.29) is 0 Å². The Hall–Kier alpha value is -1.99. The van der Waals surface area contributed by atoms with Crippen LogP contribution in [0.2, 0.25) is 5.02 Å². The molecule has 0 saturated heterocycles. The quantitative estimate of drug-likeness (QED) is 0.598. The molecule has 0 radical (unpaired) electrons. The van der Waals surface area contributed by atoms with E-state index in [4.69, 9.17) is 16.3 Å². The summed E-state index contributed by atoms with van der Waals surface area (Å²) in [6.07, 6.45) is 9.42. The molecule has 0 unspecified atom stereocenters. The van der Waals surface area contributed by atoms with E-state index in [9.17, 15) is 0 Å². The fourth-order valence-corrected chi connectivity index (χ4v) is 3.36. The number of aryl methyl sites for hydroxylation is 1. The van der Waals surface area contributed by atoms with Crippen molar-refractivity contribution in [3.8, 4) is 5.75 Å². The Kier molecular flexibility index (Phi) is 4.88. The lowest BCUT2D eigenvalue weighted by molar-refractivity contribution is 0.468. The lowest BCUT2D eigenvalue weighted by Crippen LogP contribution is -2.08. The first-order valence-electron chi connectivity index (χ1n) is 8.25. The fraction of sp³-hybridized carbons (Fsp3) is 0.238. The number of hydrogen-bond acceptors (Lipinski definition) is 1. The van der Waals surface area contributed by atoms with Gasteiger partial charge in [-0.1, -0.05) is 61.9 Å². The Morgan fingerprint density at radius 2 is 1.87 bits per heavy atom. The van der Waals surface area contributed by atoms with Crippen LogP contribution in [0.4, 0.5) is 0 Å². The number of ether oxygens (including phenoxy) is 1. The highest BCUT2D eigenvalue weighted by atomic mass is 35.5. The Labute approximate surface area is 143 Å². The van der Waals surface area contributed by atoms with E-state index in [1.807, 2.05) is 44.4 Å². The van der Waals surface area contributed by atoms with Crippen molar-refractivity contribution in [3.63, 3.8) is 0 Å². The zero-order chi connectivity index (χ0) is 16.2. The number of benzene rings is 2. The minimum Gasteiger partial charge on any atom is -0.464 e. The van der Waals surface area contributed by atoms with Crippen molar-refractivity contribution < 1.29 is 4.74 Å². The second-order valence-electron chi connectivity index (χ2n) is 5.47. The highest BCUT2D eigenvalue weighted by Gasteiger charge is 2.20. The van der Waals surface area contributed by atoms with Gasteiger partial charge in [0.15, 0.2) is 0 Å². The monoisotopic (exact) mass is 324 g/mol. The number of rotatable bonds is 1. The molecule has 0 spiro atoms. The van der Waals surface area contributed by atoms with Crippen molar-refractivity contribution >= 4 is 23.3 Å². The summed E-state index contributed by atoms with van der Waals surface area (Å²) in [5, 5.41) is 0.774. The minimum atomic E-state index is 0.774. The summed E-state index contributed by atoms with van der Waals surface area (Å²) in [7, 11) is 0. The molecule has 0 saturated carbocycles. The standard InChI is InChI=1S/C19H15ClO.C2H6/c20-18-8-4-3-7-16(18)14-11-17-15-6-2-1-5-13(15)9-10-19(17)21-12-14;1-2/h2-4,6-10,12H,1,5,11H2;1-2H3. The van der Waals surface area contributed by atoms with Gasteiger partial charge in [-0.2, -0.15) is 0 Å². The molecule has 23 heavy (non-hydrogen) atoms. The van der Waals surface area contributed by atoms with E-state index in [0.29, 0.717) is 0 Å². The van der Waals surface area contributed by atoms with Crippen molar-refractivity contribution in [3.05, 3.63) is 76.0 Å². The van der Waals surface area contributed by atoms with E-state index >= 15 is 0 Å². The number of hydrogen-bond donors (Lipinski definition) is 0. The predicted molar refractivity (Wildman–Crippen MR) is 98.9 cm³/mol.